The van der Waals surface area contributed by atoms with Crippen LogP contribution in [0.15, 0.2) is 42.6 Å². The molecule has 0 aliphatic carbocycles. The van der Waals surface area contributed by atoms with Crippen LogP contribution in [0.3, 0.4) is 0 Å². The first-order valence-corrected chi connectivity index (χ1v) is 8.49. The lowest BCUT2D eigenvalue weighted by molar-refractivity contribution is -0.133. The van der Waals surface area contributed by atoms with Crippen LogP contribution in [0.2, 0.25) is 5.02 Å². The molecule has 0 unspecified atom stereocenters. The summed E-state index contributed by atoms with van der Waals surface area (Å²) in [5.74, 6) is 6.65. The van der Waals surface area contributed by atoms with E-state index in [0.29, 0.717) is 16.5 Å². The number of aromatic nitrogens is 1. The maximum atomic E-state index is 12.3. The first-order valence-electron chi connectivity index (χ1n) is 8.11. The monoisotopic (exact) mass is 372 g/mol. The average molecular weight is 373 g/mol. The van der Waals surface area contributed by atoms with Gasteiger partial charge in [-0.05, 0) is 57.2 Å². The molecule has 1 aromatic carbocycles. The fourth-order valence-electron chi connectivity index (χ4n) is 1.95. The summed E-state index contributed by atoms with van der Waals surface area (Å²) in [5.41, 5.74) is -0.103. The lowest BCUT2D eigenvalue weighted by Gasteiger charge is -2.24. The topological polar surface area (TPSA) is 60.5 Å². The highest BCUT2D eigenvalue weighted by Crippen LogP contribution is 2.20. The van der Waals surface area contributed by atoms with Gasteiger partial charge in [0, 0.05) is 10.7 Å². The quantitative estimate of drug-likeness (QED) is 0.789. The number of nitrogens with zero attached hydrogens (tertiary/aromatic N) is 1. The molecule has 5 nitrogen and oxygen atoms in total. The molecule has 0 spiro atoms. The van der Waals surface area contributed by atoms with E-state index in [-0.39, 0.29) is 19.1 Å². The van der Waals surface area contributed by atoms with Crippen molar-refractivity contribution in [3.8, 4) is 23.3 Å². The summed E-state index contributed by atoms with van der Waals surface area (Å²) in [5, 5.41) is 3.34. The maximum Gasteiger partial charge on any atom is 0.264 e. The molecule has 6 heteroatoms. The van der Waals surface area contributed by atoms with Crippen LogP contribution in [-0.2, 0) is 4.79 Å². The first kappa shape index (κ1) is 19.6. The zero-order valence-electron chi connectivity index (χ0n) is 15.0. The Morgan fingerprint density at radius 2 is 1.85 bits per heavy atom. The zero-order valence-corrected chi connectivity index (χ0v) is 15.8. The van der Waals surface area contributed by atoms with Gasteiger partial charge in [-0.1, -0.05) is 23.4 Å². The minimum atomic E-state index is -1.03. The second kappa shape index (κ2) is 9.12. The number of aryl methyl sites for hydroxylation is 1. The van der Waals surface area contributed by atoms with Crippen molar-refractivity contribution in [2.45, 2.75) is 26.4 Å². The average Bonchev–Trinajstić information content (AvgIpc) is 2.61. The van der Waals surface area contributed by atoms with Gasteiger partial charge in [-0.2, -0.15) is 0 Å². The Bertz CT molecular complexity index is 791. The number of carbonyl (C=O) groups is 1. The number of pyridine rings is 1. The molecule has 2 rings (SSSR count). The van der Waals surface area contributed by atoms with Gasteiger partial charge in [-0.25, -0.2) is 0 Å². The Morgan fingerprint density at radius 1 is 1.15 bits per heavy atom. The summed E-state index contributed by atoms with van der Waals surface area (Å²) in [7, 11) is 0. The molecule has 0 saturated heterocycles. The number of halogens is 1. The molecule has 1 aromatic heterocycles. The van der Waals surface area contributed by atoms with Gasteiger partial charge in [0.2, 0.25) is 0 Å². The molecule has 0 atom stereocenters. The van der Waals surface area contributed by atoms with Gasteiger partial charge in [-0.3, -0.25) is 9.78 Å². The molecule has 0 fully saturated rings. The van der Waals surface area contributed by atoms with E-state index in [2.05, 4.69) is 22.1 Å². The third-order valence-corrected chi connectivity index (χ3v) is 3.64. The van der Waals surface area contributed by atoms with Gasteiger partial charge in [0.25, 0.3) is 5.91 Å². The van der Waals surface area contributed by atoms with E-state index in [1.807, 2.05) is 19.1 Å². The van der Waals surface area contributed by atoms with Crippen LogP contribution in [0.25, 0.3) is 0 Å². The molecule has 1 amide bonds. The number of rotatable bonds is 6. The van der Waals surface area contributed by atoms with Gasteiger partial charge < -0.3 is 14.8 Å². The van der Waals surface area contributed by atoms with Crippen LogP contribution < -0.4 is 14.8 Å². The molecule has 26 heavy (non-hydrogen) atoms. The number of nitrogens with one attached hydrogen (secondary N) is 1. The molecule has 1 heterocycles. The van der Waals surface area contributed by atoms with Gasteiger partial charge in [-0.15, -0.1) is 0 Å². The Balaban J connectivity index is 1.75. The number of amides is 1. The normalized spacial score (nSPS) is 10.5. The van der Waals surface area contributed by atoms with Crippen LogP contribution >= 0.6 is 11.6 Å². The van der Waals surface area contributed by atoms with E-state index in [4.69, 9.17) is 21.1 Å². The van der Waals surface area contributed by atoms with Crippen molar-refractivity contribution in [3.63, 3.8) is 0 Å². The Morgan fingerprint density at radius 3 is 2.50 bits per heavy atom. The number of hydrogen-bond acceptors (Lipinski definition) is 4. The highest BCUT2D eigenvalue weighted by molar-refractivity contribution is 6.30. The van der Waals surface area contributed by atoms with E-state index < -0.39 is 5.60 Å². The fraction of sp³-hybridized carbons (Fsp3) is 0.300. The minimum absolute atomic E-state index is 0.210. The van der Waals surface area contributed by atoms with Crippen LogP contribution in [0, 0.1) is 18.8 Å². The highest BCUT2D eigenvalue weighted by Gasteiger charge is 2.29. The molecule has 0 aliphatic heterocycles. The molecule has 0 radical (unpaired) electrons. The van der Waals surface area contributed by atoms with Crippen molar-refractivity contribution in [3.05, 3.63) is 53.3 Å². The third kappa shape index (κ3) is 6.30. The predicted molar refractivity (Wildman–Crippen MR) is 101 cm³/mol. The third-order valence-electron chi connectivity index (χ3n) is 3.39. The standard InChI is InChI=1S/C20H21ClN2O3/c1-15-6-9-18(14-23-15)25-13-5-4-12-22-19(24)20(2,3)26-17-10-7-16(21)8-11-17/h6-11,14H,12-13H2,1-3H3,(H,22,24). The van der Waals surface area contributed by atoms with E-state index in [1.165, 1.54) is 0 Å². The summed E-state index contributed by atoms with van der Waals surface area (Å²) in [6.07, 6.45) is 1.65. The molecule has 136 valence electrons. The minimum Gasteiger partial charge on any atom is -0.479 e. The molecule has 2 aromatic rings. The second-order valence-corrected chi connectivity index (χ2v) is 6.46. The predicted octanol–water partition coefficient (Wildman–Crippen LogP) is 3.40. The van der Waals surface area contributed by atoms with Crippen molar-refractivity contribution in [2.24, 2.45) is 0 Å². The van der Waals surface area contributed by atoms with E-state index in [0.717, 1.165) is 5.69 Å². The molecular formula is C20H21ClN2O3. The molecule has 0 saturated carbocycles. The van der Waals surface area contributed by atoms with Crippen molar-refractivity contribution < 1.29 is 14.3 Å². The van der Waals surface area contributed by atoms with Crippen molar-refractivity contribution in [1.82, 2.24) is 10.3 Å². The van der Waals surface area contributed by atoms with Gasteiger partial charge in [0.15, 0.2) is 5.60 Å². The van der Waals surface area contributed by atoms with Crippen LogP contribution in [0.5, 0.6) is 11.5 Å². The first-order chi connectivity index (χ1) is 12.4. The summed E-state index contributed by atoms with van der Waals surface area (Å²) >= 11 is 5.84. The summed E-state index contributed by atoms with van der Waals surface area (Å²) in [6.45, 7) is 5.73. The van der Waals surface area contributed by atoms with Crippen LogP contribution in [-0.4, -0.2) is 29.6 Å². The maximum absolute atomic E-state index is 12.3. The number of benzene rings is 1. The summed E-state index contributed by atoms with van der Waals surface area (Å²) < 4.78 is 11.2. The summed E-state index contributed by atoms with van der Waals surface area (Å²) in [6, 6.07) is 10.6. The highest BCUT2D eigenvalue weighted by atomic mass is 35.5. The number of carbonyl (C=O) groups excluding carboxylic acids is 1. The Labute approximate surface area is 158 Å². The number of ether oxygens (including phenoxy) is 2. The Kier molecular flexibility index (Phi) is 6.88. The largest absolute Gasteiger partial charge is 0.479 e. The zero-order chi connectivity index (χ0) is 19.0. The Hall–Kier alpha value is -2.71. The lowest BCUT2D eigenvalue weighted by Crippen LogP contribution is -2.46. The van der Waals surface area contributed by atoms with E-state index >= 15 is 0 Å². The van der Waals surface area contributed by atoms with Crippen LogP contribution in [0.1, 0.15) is 19.5 Å². The van der Waals surface area contributed by atoms with Crippen molar-refractivity contribution in [2.75, 3.05) is 13.2 Å². The molecular weight excluding hydrogens is 352 g/mol. The lowest BCUT2D eigenvalue weighted by atomic mass is 10.1. The fourth-order valence-corrected chi connectivity index (χ4v) is 2.08. The smallest absolute Gasteiger partial charge is 0.264 e. The second-order valence-electron chi connectivity index (χ2n) is 6.03. The SMILES string of the molecule is Cc1ccc(OCC#CCNC(=O)C(C)(C)Oc2ccc(Cl)cc2)cn1. The van der Waals surface area contributed by atoms with Crippen molar-refractivity contribution in [1.29, 1.82) is 0 Å². The molecule has 1 N–H and O–H groups in total. The van der Waals surface area contributed by atoms with Crippen molar-refractivity contribution >= 4 is 17.5 Å². The summed E-state index contributed by atoms with van der Waals surface area (Å²) in [4.78, 5) is 16.4. The number of hydrogen-bond donors (Lipinski definition) is 1. The van der Waals surface area contributed by atoms with E-state index in [9.17, 15) is 4.79 Å². The van der Waals surface area contributed by atoms with Gasteiger partial charge in [0.1, 0.15) is 18.1 Å². The van der Waals surface area contributed by atoms with Gasteiger partial charge >= 0.3 is 0 Å². The molecule has 0 aliphatic rings. The molecule has 0 bridgehead atoms. The van der Waals surface area contributed by atoms with Crippen LogP contribution in [0.4, 0.5) is 0 Å². The van der Waals surface area contributed by atoms with E-state index in [1.54, 1.807) is 44.3 Å². The van der Waals surface area contributed by atoms with Gasteiger partial charge in [0.05, 0.1) is 12.7 Å².